The van der Waals surface area contributed by atoms with Crippen LogP contribution in [-0.2, 0) is 0 Å². The maximum atomic E-state index is 12.5. The quantitative estimate of drug-likeness (QED) is 0.755. The van der Waals surface area contributed by atoms with Crippen molar-refractivity contribution in [1.82, 2.24) is 15.0 Å². The molecule has 1 saturated carbocycles. The van der Waals surface area contributed by atoms with Crippen molar-refractivity contribution in [3.63, 3.8) is 0 Å². The maximum absolute atomic E-state index is 12.5. The normalized spacial score (nSPS) is 13.5. The molecule has 7 nitrogen and oxygen atoms in total. The topological polar surface area (TPSA) is 91.5 Å². The molecule has 0 saturated heterocycles. The van der Waals surface area contributed by atoms with Crippen molar-refractivity contribution in [2.24, 2.45) is 0 Å². The largest absolute Gasteiger partial charge is 0.395 e. The minimum absolute atomic E-state index is 0.115. The Morgan fingerprint density at radius 1 is 1.52 bits per heavy atom. The van der Waals surface area contributed by atoms with E-state index in [1.165, 1.54) is 4.90 Å². The third-order valence-corrected chi connectivity index (χ3v) is 4.04. The molecule has 0 radical (unpaired) electrons. The van der Waals surface area contributed by atoms with Gasteiger partial charge in [-0.25, -0.2) is 4.79 Å². The highest BCUT2D eigenvalue weighted by molar-refractivity contribution is 5.93. The Bertz CT molecular complexity index is 767. The predicted octanol–water partition coefficient (Wildman–Crippen LogP) is 2.93. The summed E-state index contributed by atoms with van der Waals surface area (Å²) >= 11 is 0. The van der Waals surface area contributed by atoms with E-state index in [1.807, 2.05) is 25.1 Å². The van der Waals surface area contributed by atoms with Gasteiger partial charge >= 0.3 is 6.03 Å². The first kappa shape index (κ1) is 17.2. The molecule has 0 atom stereocenters. The lowest BCUT2D eigenvalue weighted by atomic mass is 10.1. The van der Waals surface area contributed by atoms with Gasteiger partial charge in [0.2, 0.25) is 0 Å². The number of aromatic nitrogens is 2. The fourth-order valence-corrected chi connectivity index (χ4v) is 2.54. The van der Waals surface area contributed by atoms with Gasteiger partial charge in [-0.05, 0) is 31.9 Å². The number of urea groups is 1. The first-order valence-electron chi connectivity index (χ1n) is 8.34. The number of amides is 2. The summed E-state index contributed by atoms with van der Waals surface area (Å²) in [5, 5.41) is 16.0. The summed E-state index contributed by atoms with van der Waals surface area (Å²) in [6, 6.07) is 5.31. The molecule has 0 aliphatic heterocycles. The predicted molar refractivity (Wildman–Crippen MR) is 94.3 cm³/mol. The third-order valence-electron chi connectivity index (χ3n) is 4.04. The summed E-state index contributed by atoms with van der Waals surface area (Å²) < 4.78 is 5.40. The van der Waals surface area contributed by atoms with Crippen molar-refractivity contribution in [2.45, 2.75) is 25.7 Å². The third kappa shape index (κ3) is 4.06. The second-order valence-electron chi connectivity index (χ2n) is 6.17. The number of nitrogens with one attached hydrogen (secondary N) is 1. The van der Waals surface area contributed by atoms with Gasteiger partial charge in [0.1, 0.15) is 0 Å². The fourth-order valence-electron chi connectivity index (χ4n) is 2.54. The van der Waals surface area contributed by atoms with Crippen LogP contribution in [0, 0.1) is 6.92 Å². The van der Waals surface area contributed by atoms with Crippen LogP contribution in [0.3, 0.4) is 0 Å². The van der Waals surface area contributed by atoms with Crippen LogP contribution in [0.15, 0.2) is 35.4 Å². The second-order valence-corrected chi connectivity index (χ2v) is 6.17. The fraction of sp³-hybridized carbons (Fsp3) is 0.389. The molecule has 1 aromatic carbocycles. The molecule has 0 unspecified atom stereocenters. The number of anilines is 1. The molecule has 1 aromatic heterocycles. The van der Waals surface area contributed by atoms with E-state index in [-0.39, 0.29) is 19.2 Å². The summed E-state index contributed by atoms with van der Waals surface area (Å²) in [4.78, 5) is 18.4. The van der Waals surface area contributed by atoms with Gasteiger partial charge in [-0.15, -0.1) is 6.58 Å². The van der Waals surface area contributed by atoms with Gasteiger partial charge in [-0.1, -0.05) is 22.9 Å². The van der Waals surface area contributed by atoms with Crippen LogP contribution in [0.5, 0.6) is 0 Å². The van der Waals surface area contributed by atoms with Crippen LogP contribution in [0.2, 0.25) is 0 Å². The molecule has 25 heavy (non-hydrogen) atoms. The van der Waals surface area contributed by atoms with Crippen LogP contribution in [0.4, 0.5) is 10.5 Å². The van der Waals surface area contributed by atoms with Crippen molar-refractivity contribution in [3.8, 4) is 11.5 Å². The van der Waals surface area contributed by atoms with Crippen LogP contribution in [-0.4, -0.2) is 45.9 Å². The van der Waals surface area contributed by atoms with Crippen molar-refractivity contribution in [2.75, 3.05) is 25.0 Å². The van der Waals surface area contributed by atoms with Crippen molar-refractivity contribution >= 4 is 11.7 Å². The van der Waals surface area contributed by atoms with Gasteiger partial charge in [0.05, 0.1) is 17.9 Å². The van der Waals surface area contributed by atoms with Gasteiger partial charge in [-0.2, -0.15) is 4.98 Å². The molecule has 3 rings (SSSR count). The van der Waals surface area contributed by atoms with E-state index >= 15 is 0 Å². The highest BCUT2D eigenvalue weighted by atomic mass is 16.5. The maximum Gasteiger partial charge on any atom is 0.322 e. The number of hydrogen-bond donors (Lipinski definition) is 2. The molecule has 7 heteroatoms. The van der Waals surface area contributed by atoms with E-state index in [0.717, 1.165) is 24.2 Å². The summed E-state index contributed by atoms with van der Waals surface area (Å²) in [7, 11) is 0. The van der Waals surface area contributed by atoms with Crippen LogP contribution in [0.25, 0.3) is 11.5 Å². The van der Waals surface area contributed by atoms with Gasteiger partial charge < -0.3 is 19.8 Å². The van der Waals surface area contributed by atoms with Gasteiger partial charge in [0.15, 0.2) is 5.82 Å². The van der Waals surface area contributed by atoms with Crippen molar-refractivity contribution < 1.29 is 14.4 Å². The number of carbonyl (C=O) groups is 1. The van der Waals surface area contributed by atoms with E-state index in [0.29, 0.717) is 29.6 Å². The highest BCUT2D eigenvalue weighted by Crippen LogP contribution is 2.39. The molecule has 1 aliphatic rings. The zero-order valence-electron chi connectivity index (χ0n) is 14.2. The Morgan fingerprint density at radius 3 is 3.00 bits per heavy atom. The number of rotatable bonds is 7. The van der Waals surface area contributed by atoms with E-state index in [9.17, 15) is 4.79 Å². The lowest BCUT2D eigenvalue weighted by Crippen LogP contribution is -2.37. The molecule has 0 spiro atoms. The number of hydrogen-bond acceptors (Lipinski definition) is 5. The Hall–Kier alpha value is -2.67. The number of aliphatic hydroxyl groups is 1. The Balaban J connectivity index is 1.85. The van der Waals surface area contributed by atoms with E-state index in [1.54, 1.807) is 6.08 Å². The molecule has 2 amide bonds. The number of benzene rings is 1. The zero-order chi connectivity index (χ0) is 17.8. The van der Waals surface area contributed by atoms with Crippen molar-refractivity contribution in [3.05, 3.63) is 42.2 Å². The molecule has 1 aliphatic carbocycles. The molecule has 132 valence electrons. The summed E-state index contributed by atoms with van der Waals surface area (Å²) in [6.45, 7) is 6.06. The summed E-state index contributed by atoms with van der Waals surface area (Å²) in [6.07, 6.45) is 3.80. The van der Waals surface area contributed by atoms with E-state index < -0.39 is 0 Å². The first-order valence-corrected chi connectivity index (χ1v) is 8.34. The first-order chi connectivity index (χ1) is 12.1. The smallest absolute Gasteiger partial charge is 0.322 e. The SMILES string of the molecule is C=CCN(CCO)C(=O)Nc1ccc(C)cc1-c1nc(C2CC2)no1. The second kappa shape index (κ2) is 7.48. The van der Waals surface area contributed by atoms with Crippen LogP contribution < -0.4 is 5.32 Å². The van der Waals surface area contributed by atoms with E-state index in [4.69, 9.17) is 9.63 Å². The van der Waals surface area contributed by atoms with Crippen LogP contribution in [0.1, 0.15) is 30.1 Å². The average molecular weight is 342 g/mol. The Morgan fingerprint density at radius 2 is 2.32 bits per heavy atom. The Labute approximate surface area is 146 Å². The number of aryl methyl sites for hydroxylation is 1. The lowest BCUT2D eigenvalue weighted by Gasteiger charge is -2.21. The summed E-state index contributed by atoms with van der Waals surface area (Å²) in [5.41, 5.74) is 2.31. The van der Waals surface area contributed by atoms with Gasteiger partial charge in [0, 0.05) is 19.0 Å². The number of carbonyl (C=O) groups excluding carboxylic acids is 1. The van der Waals surface area contributed by atoms with Gasteiger partial charge in [-0.3, -0.25) is 0 Å². The van der Waals surface area contributed by atoms with Crippen LogP contribution >= 0.6 is 0 Å². The highest BCUT2D eigenvalue weighted by Gasteiger charge is 2.29. The minimum atomic E-state index is -0.319. The molecule has 2 N–H and O–H groups in total. The minimum Gasteiger partial charge on any atom is -0.395 e. The number of nitrogens with zero attached hydrogens (tertiary/aromatic N) is 3. The molecule has 0 bridgehead atoms. The molecular formula is C18H22N4O3. The molecule has 2 aromatic rings. The zero-order valence-corrected chi connectivity index (χ0v) is 14.2. The monoisotopic (exact) mass is 342 g/mol. The average Bonchev–Trinajstić information content (AvgIpc) is 3.33. The van der Waals surface area contributed by atoms with Crippen molar-refractivity contribution in [1.29, 1.82) is 0 Å². The summed E-state index contributed by atoms with van der Waals surface area (Å²) in [5.74, 6) is 1.52. The molecular weight excluding hydrogens is 320 g/mol. The Kier molecular flexibility index (Phi) is 5.14. The molecule has 1 heterocycles. The molecule has 1 fully saturated rings. The number of aliphatic hydroxyl groups excluding tert-OH is 1. The van der Waals surface area contributed by atoms with Gasteiger partial charge in [0.25, 0.3) is 5.89 Å². The lowest BCUT2D eigenvalue weighted by molar-refractivity contribution is 0.195. The van der Waals surface area contributed by atoms with E-state index in [2.05, 4.69) is 22.0 Å². The standard InChI is InChI=1S/C18H22N4O3/c1-3-8-22(9-10-23)18(24)19-15-7-4-12(2)11-14(15)17-20-16(21-25-17)13-5-6-13/h3-4,7,11,13,23H,1,5-6,8-10H2,2H3,(H,19,24).